The van der Waals surface area contributed by atoms with Crippen molar-refractivity contribution in [2.75, 3.05) is 19.9 Å². The second-order valence-corrected chi connectivity index (χ2v) is 5.01. The molecule has 0 aromatic heterocycles. The van der Waals surface area contributed by atoms with Crippen molar-refractivity contribution < 1.29 is 13.5 Å². The van der Waals surface area contributed by atoms with Gasteiger partial charge in [-0.3, -0.25) is 0 Å². The Bertz CT molecular complexity index is 153. The Hall–Kier alpha value is -0.180. The summed E-state index contributed by atoms with van der Waals surface area (Å²) in [5.74, 6) is 0. The lowest BCUT2D eigenvalue weighted by Gasteiger charge is -2.05. The Morgan fingerprint density at radius 2 is 1.33 bits per heavy atom. The smallest absolute Gasteiger partial charge is 0.151 e. The third kappa shape index (κ3) is 13.9. The van der Waals surface area contributed by atoms with Crippen LogP contribution in [0.1, 0.15) is 71.1 Å². The van der Waals surface area contributed by atoms with Crippen LogP contribution in [0.2, 0.25) is 0 Å². The van der Waals surface area contributed by atoms with Crippen LogP contribution in [0, 0.1) is 0 Å². The van der Waals surface area contributed by atoms with Gasteiger partial charge in [-0.2, -0.15) is 0 Å². The molecular formula is C15H30F2O. The number of rotatable bonds is 14. The molecule has 0 amide bonds. The van der Waals surface area contributed by atoms with Crippen molar-refractivity contribution in [3.05, 3.63) is 0 Å². The number of hydrogen-bond donors (Lipinski definition) is 0. The zero-order valence-electron chi connectivity index (χ0n) is 11.9. The lowest BCUT2D eigenvalue weighted by Crippen LogP contribution is -2.12. The fourth-order valence-electron chi connectivity index (χ4n) is 1.95. The van der Waals surface area contributed by atoms with Gasteiger partial charge in [0.1, 0.15) is 6.67 Å². The van der Waals surface area contributed by atoms with E-state index in [9.17, 15) is 8.78 Å². The standard InChI is InChI=1S/C15H30F2O/c1-2-3-4-5-6-7-8-9-10-11-12-18-14-15(17)13-16/h15H,2-14H2,1H3. The van der Waals surface area contributed by atoms with E-state index in [0.29, 0.717) is 6.61 Å². The minimum Gasteiger partial charge on any atom is -0.378 e. The van der Waals surface area contributed by atoms with Crippen LogP contribution >= 0.6 is 0 Å². The van der Waals surface area contributed by atoms with Gasteiger partial charge in [0, 0.05) is 6.61 Å². The monoisotopic (exact) mass is 264 g/mol. The largest absolute Gasteiger partial charge is 0.378 e. The number of hydrogen-bond acceptors (Lipinski definition) is 1. The van der Waals surface area contributed by atoms with E-state index in [-0.39, 0.29) is 6.61 Å². The summed E-state index contributed by atoms with van der Waals surface area (Å²) in [7, 11) is 0. The van der Waals surface area contributed by atoms with E-state index in [1.54, 1.807) is 0 Å². The zero-order valence-corrected chi connectivity index (χ0v) is 11.9. The zero-order chi connectivity index (χ0) is 13.5. The van der Waals surface area contributed by atoms with Crippen LogP contribution in [-0.4, -0.2) is 26.1 Å². The highest BCUT2D eigenvalue weighted by Gasteiger charge is 2.04. The minimum absolute atomic E-state index is 0.0894. The predicted molar refractivity (Wildman–Crippen MR) is 73.5 cm³/mol. The van der Waals surface area contributed by atoms with Crippen molar-refractivity contribution in [2.24, 2.45) is 0 Å². The molecule has 0 aliphatic heterocycles. The topological polar surface area (TPSA) is 9.23 Å². The molecular weight excluding hydrogens is 234 g/mol. The number of unbranched alkanes of at least 4 members (excludes halogenated alkanes) is 9. The van der Waals surface area contributed by atoms with Gasteiger partial charge in [-0.15, -0.1) is 0 Å². The molecule has 1 atom stereocenters. The highest BCUT2D eigenvalue weighted by atomic mass is 19.2. The maximum Gasteiger partial charge on any atom is 0.151 e. The molecule has 0 aliphatic rings. The summed E-state index contributed by atoms with van der Waals surface area (Å²) in [5, 5.41) is 0. The van der Waals surface area contributed by atoms with Crippen molar-refractivity contribution in [3.8, 4) is 0 Å². The second-order valence-electron chi connectivity index (χ2n) is 5.01. The fourth-order valence-corrected chi connectivity index (χ4v) is 1.95. The van der Waals surface area contributed by atoms with Crippen LogP contribution in [0.3, 0.4) is 0 Å². The normalized spacial score (nSPS) is 12.8. The Kier molecular flexibility index (Phi) is 14.7. The van der Waals surface area contributed by atoms with Gasteiger partial charge < -0.3 is 4.74 Å². The third-order valence-electron chi connectivity index (χ3n) is 3.11. The van der Waals surface area contributed by atoms with Crippen molar-refractivity contribution >= 4 is 0 Å². The molecule has 0 saturated heterocycles. The first-order chi connectivity index (χ1) is 8.81. The number of halogens is 2. The molecule has 0 aliphatic carbocycles. The summed E-state index contributed by atoms with van der Waals surface area (Å²) >= 11 is 0. The van der Waals surface area contributed by atoms with Crippen molar-refractivity contribution in [3.63, 3.8) is 0 Å². The first-order valence-corrected chi connectivity index (χ1v) is 7.59. The first kappa shape index (κ1) is 17.8. The van der Waals surface area contributed by atoms with Gasteiger partial charge in [0.25, 0.3) is 0 Å². The van der Waals surface area contributed by atoms with Crippen LogP contribution in [0.5, 0.6) is 0 Å². The summed E-state index contributed by atoms with van der Waals surface area (Å²) < 4.78 is 29.2. The SMILES string of the molecule is CCCCCCCCCCCCOCC(F)CF. The van der Waals surface area contributed by atoms with Gasteiger partial charge >= 0.3 is 0 Å². The van der Waals surface area contributed by atoms with Crippen LogP contribution in [0.4, 0.5) is 8.78 Å². The highest BCUT2D eigenvalue weighted by Crippen LogP contribution is 2.10. The van der Waals surface area contributed by atoms with E-state index < -0.39 is 12.8 Å². The van der Waals surface area contributed by atoms with E-state index >= 15 is 0 Å². The Labute approximate surface area is 111 Å². The summed E-state index contributed by atoms with van der Waals surface area (Å²) in [4.78, 5) is 0. The molecule has 110 valence electrons. The molecule has 0 saturated carbocycles. The predicted octanol–water partition coefficient (Wildman–Crippen LogP) is 5.23. The summed E-state index contributed by atoms with van der Waals surface area (Å²) in [6.07, 6.45) is 11.3. The van der Waals surface area contributed by atoms with Gasteiger partial charge in [-0.05, 0) is 6.42 Å². The van der Waals surface area contributed by atoms with Gasteiger partial charge in [-0.25, -0.2) is 8.78 Å². The van der Waals surface area contributed by atoms with Crippen LogP contribution in [0.25, 0.3) is 0 Å². The molecule has 3 heteroatoms. The van der Waals surface area contributed by atoms with Crippen LogP contribution < -0.4 is 0 Å². The van der Waals surface area contributed by atoms with Gasteiger partial charge in [0.2, 0.25) is 0 Å². The lowest BCUT2D eigenvalue weighted by atomic mass is 10.1. The molecule has 0 aromatic rings. The van der Waals surface area contributed by atoms with E-state index in [0.717, 1.165) is 12.8 Å². The van der Waals surface area contributed by atoms with Crippen molar-refractivity contribution in [1.29, 1.82) is 0 Å². The highest BCUT2D eigenvalue weighted by molar-refractivity contribution is 4.51. The van der Waals surface area contributed by atoms with Crippen molar-refractivity contribution in [2.45, 2.75) is 77.3 Å². The molecule has 1 unspecified atom stereocenters. The molecule has 18 heavy (non-hydrogen) atoms. The molecule has 0 N–H and O–H groups in total. The second kappa shape index (κ2) is 14.9. The van der Waals surface area contributed by atoms with Gasteiger partial charge in [0.05, 0.1) is 6.61 Å². The Morgan fingerprint density at radius 3 is 1.83 bits per heavy atom. The van der Waals surface area contributed by atoms with Gasteiger partial charge in [-0.1, -0.05) is 64.7 Å². The third-order valence-corrected chi connectivity index (χ3v) is 3.11. The van der Waals surface area contributed by atoms with Crippen molar-refractivity contribution in [1.82, 2.24) is 0 Å². The van der Waals surface area contributed by atoms with Crippen LogP contribution in [-0.2, 0) is 4.74 Å². The quantitative estimate of drug-likeness (QED) is 0.390. The van der Waals surface area contributed by atoms with Crippen LogP contribution in [0.15, 0.2) is 0 Å². The Balaban J connectivity index is 2.94. The van der Waals surface area contributed by atoms with E-state index in [2.05, 4.69) is 6.92 Å². The molecule has 0 radical (unpaired) electrons. The molecule has 0 rings (SSSR count). The first-order valence-electron chi connectivity index (χ1n) is 7.59. The molecule has 0 fully saturated rings. The minimum atomic E-state index is -1.44. The molecule has 0 heterocycles. The van der Waals surface area contributed by atoms with E-state index in [1.165, 1.54) is 51.4 Å². The average Bonchev–Trinajstić information content (AvgIpc) is 2.39. The number of alkyl halides is 2. The number of ether oxygens (including phenoxy) is 1. The van der Waals surface area contributed by atoms with E-state index in [1.807, 2.05) is 0 Å². The summed E-state index contributed by atoms with van der Waals surface area (Å²) in [6, 6.07) is 0. The fraction of sp³-hybridized carbons (Fsp3) is 1.00. The summed E-state index contributed by atoms with van der Waals surface area (Å²) in [6.45, 7) is 1.78. The summed E-state index contributed by atoms with van der Waals surface area (Å²) in [5.41, 5.74) is 0. The van der Waals surface area contributed by atoms with E-state index in [4.69, 9.17) is 4.74 Å². The maximum absolute atomic E-state index is 12.4. The maximum atomic E-state index is 12.4. The molecule has 0 bridgehead atoms. The lowest BCUT2D eigenvalue weighted by molar-refractivity contribution is 0.0673. The molecule has 1 nitrogen and oxygen atoms in total. The van der Waals surface area contributed by atoms with Gasteiger partial charge in [0.15, 0.2) is 6.17 Å². The Morgan fingerprint density at radius 1 is 0.833 bits per heavy atom. The molecule has 0 aromatic carbocycles. The average molecular weight is 264 g/mol. The molecule has 0 spiro atoms.